The largest absolute Gasteiger partial charge is 0.390 e. The predicted octanol–water partition coefficient (Wildman–Crippen LogP) is 0.295. The van der Waals surface area contributed by atoms with Gasteiger partial charge in [-0.15, -0.1) is 0 Å². The molecule has 1 heterocycles. The maximum atomic E-state index is 11.4. The summed E-state index contributed by atoms with van der Waals surface area (Å²) in [5, 5.41) is 9.90. The lowest BCUT2D eigenvalue weighted by molar-refractivity contribution is -0.130. The molecule has 0 amide bonds. The first-order chi connectivity index (χ1) is 6.91. The highest BCUT2D eigenvalue weighted by Gasteiger charge is 2.32. The average molecular weight is 215 g/mol. The molecular formula is C11H21NO3. The number of Topliss-reactive ketones (excluding diaryl/α,β-unsaturated/α-hetero) is 1. The van der Waals surface area contributed by atoms with Crippen molar-refractivity contribution in [2.24, 2.45) is 5.92 Å². The van der Waals surface area contributed by atoms with Crippen molar-refractivity contribution in [3.05, 3.63) is 0 Å². The molecule has 15 heavy (non-hydrogen) atoms. The molecule has 0 radical (unpaired) electrons. The number of nitrogens with zero attached hydrogens (tertiary/aromatic N) is 1. The molecule has 4 heteroatoms. The van der Waals surface area contributed by atoms with E-state index in [0.29, 0.717) is 6.54 Å². The lowest BCUT2D eigenvalue weighted by Crippen LogP contribution is -2.47. The number of rotatable bonds is 4. The Bertz CT molecular complexity index is 216. The van der Waals surface area contributed by atoms with Crippen molar-refractivity contribution >= 4 is 5.78 Å². The van der Waals surface area contributed by atoms with E-state index in [2.05, 4.69) is 4.90 Å². The maximum Gasteiger partial charge on any atom is 0.137 e. The molecular weight excluding hydrogens is 194 g/mol. The van der Waals surface area contributed by atoms with E-state index >= 15 is 0 Å². The smallest absolute Gasteiger partial charge is 0.137 e. The molecule has 88 valence electrons. The zero-order chi connectivity index (χ0) is 11.5. The fourth-order valence-electron chi connectivity index (χ4n) is 1.89. The summed E-state index contributed by atoms with van der Waals surface area (Å²) in [5.74, 6) is -0.260. The molecule has 0 saturated carbocycles. The van der Waals surface area contributed by atoms with Gasteiger partial charge in [0.1, 0.15) is 5.78 Å². The van der Waals surface area contributed by atoms with Crippen molar-refractivity contribution in [3.63, 3.8) is 0 Å². The quantitative estimate of drug-likeness (QED) is 0.732. The zero-order valence-corrected chi connectivity index (χ0v) is 9.82. The van der Waals surface area contributed by atoms with Crippen LogP contribution in [0.2, 0.25) is 0 Å². The minimum Gasteiger partial charge on any atom is -0.390 e. The first-order valence-electron chi connectivity index (χ1n) is 5.44. The number of hydrogen-bond donors (Lipinski definition) is 1. The second-order valence-electron chi connectivity index (χ2n) is 4.73. The molecule has 0 bridgehead atoms. The van der Waals surface area contributed by atoms with E-state index < -0.39 is 5.60 Å². The van der Waals surface area contributed by atoms with Crippen LogP contribution in [-0.4, -0.2) is 54.2 Å². The van der Waals surface area contributed by atoms with Gasteiger partial charge in [-0.1, -0.05) is 0 Å². The van der Waals surface area contributed by atoms with E-state index in [4.69, 9.17) is 4.74 Å². The second kappa shape index (κ2) is 5.05. The molecule has 0 spiro atoms. The zero-order valence-electron chi connectivity index (χ0n) is 9.82. The van der Waals surface area contributed by atoms with Crippen LogP contribution >= 0.6 is 0 Å². The average Bonchev–Trinajstić information content (AvgIpc) is 2.13. The highest BCUT2D eigenvalue weighted by atomic mass is 16.5. The molecule has 0 aliphatic carbocycles. The molecule has 0 aromatic carbocycles. The normalized spacial score (nSPS) is 21.3. The van der Waals surface area contributed by atoms with Gasteiger partial charge in [-0.05, 0) is 20.8 Å². The van der Waals surface area contributed by atoms with Gasteiger partial charge in [-0.25, -0.2) is 0 Å². The molecule has 0 aromatic rings. The molecule has 1 N–H and O–H groups in total. The van der Waals surface area contributed by atoms with Crippen LogP contribution in [0, 0.1) is 5.92 Å². The number of carbonyl (C=O) groups is 1. The van der Waals surface area contributed by atoms with Gasteiger partial charge in [0, 0.05) is 19.6 Å². The molecule has 0 aromatic heterocycles. The number of aliphatic hydroxyl groups is 1. The van der Waals surface area contributed by atoms with Crippen molar-refractivity contribution in [2.45, 2.75) is 26.4 Å². The highest BCUT2D eigenvalue weighted by Crippen LogP contribution is 2.19. The SMILES string of the molecule is CC(=O)[C@H](CN1CCOCC1)C(C)(C)O. The van der Waals surface area contributed by atoms with Gasteiger partial charge in [0.15, 0.2) is 0 Å². The van der Waals surface area contributed by atoms with E-state index in [1.807, 2.05) is 0 Å². The van der Waals surface area contributed by atoms with Gasteiger partial charge < -0.3 is 9.84 Å². The lowest BCUT2D eigenvalue weighted by Gasteiger charge is -2.34. The number of morpholine rings is 1. The maximum absolute atomic E-state index is 11.4. The number of carbonyl (C=O) groups excluding carboxylic acids is 1. The minimum absolute atomic E-state index is 0.0500. The molecule has 1 saturated heterocycles. The summed E-state index contributed by atoms with van der Waals surface area (Å²) >= 11 is 0. The fourth-order valence-corrected chi connectivity index (χ4v) is 1.89. The Hall–Kier alpha value is -0.450. The van der Waals surface area contributed by atoms with Gasteiger partial charge in [-0.3, -0.25) is 9.69 Å². The fraction of sp³-hybridized carbons (Fsp3) is 0.909. The van der Waals surface area contributed by atoms with Crippen molar-refractivity contribution in [1.82, 2.24) is 4.90 Å². The summed E-state index contributed by atoms with van der Waals surface area (Å²) in [6.07, 6.45) is 0. The number of ketones is 1. The Labute approximate surface area is 91.2 Å². The Morgan fingerprint density at radius 3 is 2.40 bits per heavy atom. The van der Waals surface area contributed by atoms with E-state index in [9.17, 15) is 9.90 Å². The van der Waals surface area contributed by atoms with Crippen LogP contribution in [0.4, 0.5) is 0 Å². The first-order valence-corrected chi connectivity index (χ1v) is 5.44. The molecule has 1 rings (SSSR count). The second-order valence-corrected chi connectivity index (χ2v) is 4.73. The van der Waals surface area contributed by atoms with Crippen LogP contribution in [-0.2, 0) is 9.53 Å². The first kappa shape index (κ1) is 12.6. The standard InChI is InChI=1S/C11H21NO3/c1-9(13)10(11(2,3)14)8-12-4-6-15-7-5-12/h10,14H,4-8H2,1-3H3/t10-/m0/s1. The van der Waals surface area contributed by atoms with Crippen LogP contribution in [0.3, 0.4) is 0 Å². The van der Waals surface area contributed by atoms with Crippen LogP contribution in [0.5, 0.6) is 0 Å². The Morgan fingerprint density at radius 2 is 2.00 bits per heavy atom. The Kier molecular flexibility index (Phi) is 4.25. The van der Waals surface area contributed by atoms with Gasteiger partial charge in [0.25, 0.3) is 0 Å². The summed E-state index contributed by atoms with van der Waals surface area (Å²) < 4.78 is 5.24. The van der Waals surface area contributed by atoms with E-state index in [1.165, 1.54) is 0 Å². The topological polar surface area (TPSA) is 49.8 Å². The van der Waals surface area contributed by atoms with E-state index in [-0.39, 0.29) is 11.7 Å². The third-order valence-electron chi connectivity index (χ3n) is 2.89. The van der Waals surface area contributed by atoms with Crippen molar-refractivity contribution in [3.8, 4) is 0 Å². The van der Waals surface area contributed by atoms with E-state index in [0.717, 1.165) is 26.3 Å². The molecule has 1 fully saturated rings. The van der Waals surface area contributed by atoms with Crippen LogP contribution in [0.15, 0.2) is 0 Å². The van der Waals surface area contributed by atoms with Crippen molar-refractivity contribution in [1.29, 1.82) is 0 Å². The number of hydrogen-bond acceptors (Lipinski definition) is 4. The van der Waals surface area contributed by atoms with Crippen molar-refractivity contribution in [2.75, 3.05) is 32.8 Å². The summed E-state index contributed by atoms with van der Waals surface area (Å²) in [6, 6.07) is 0. The molecule has 0 unspecified atom stereocenters. The van der Waals surface area contributed by atoms with Gasteiger partial charge in [0.2, 0.25) is 0 Å². The Balaban J connectivity index is 2.54. The number of ether oxygens (including phenoxy) is 1. The van der Waals surface area contributed by atoms with E-state index in [1.54, 1.807) is 20.8 Å². The summed E-state index contributed by atoms with van der Waals surface area (Å²) in [4.78, 5) is 13.6. The molecule has 1 aliphatic heterocycles. The molecule has 1 aliphatic rings. The van der Waals surface area contributed by atoms with Gasteiger partial charge in [0.05, 0.1) is 24.7 Å². The van der Waals surface area contributed by atoms with Gasteiger partial charge >= 0.3 is 0 Å². The third kappa shape index (κ3) is 3.89. The molecule has 4 nitrogen and oxygen atoms in total. The molecule has 1 atom stereocenters. The Morgan fingerprint density at radius 1 is 1.47 bits per heavy atom. The monoisotopic (exact) mass is 215 g/mol. The summed E-state index contributed by atoms with van der Waals surface area (Å²) in [5.41, 5.74) is -0.940. The van der Waals surface area contributed by atoms with Crippen LogP contribution in [0.25, 0.3) is 0 Å². The highest BCUT2D eigenvalue weighted by molar-refractivity contribution is 5.79. The van der Waals surface area contributed by atoms with Crippen LogP contribution in [0.1, 0.15) is 20.8 Å². The third-order valence-corrected chi connectivity index (χ3v) is 2.89. The lowest BCUT2D eigenvalue weighted by atomic mass is 9.87. The predicted molar refractivity (Wildman–Crippen MR) is 57.7 cm³/mol. The minimum atomic E-state index is -0.940. The van der Waals surface area contributed by atoms with Crippen LogP contribution < -0.4 is 0 Å². The summed E-state index contributed by atoms with van der Waals surface area (Å²) in [6.45, 7) is 8.69. The van der Waals surface area contributed by atoms with Gasteiger partial charge in [-0.2, -0.15) is 0 Å². The van der Waals surface area contributed by atoms with Crippen molar-refractivity contribution < 1.29 is 14.6 Å². The summed E-state index contributed by atoms with van der Waals surface area (Å²) in [7, 11) is 0.